The lowest BCUT2D eigenvalue weighted by atomic mass is 10.1. The Hall–Kier alpha value is -3.59. The molecule has 6 nitrogen and oxygen atoms in total. The number of ether oxygens (including phenoxy) is 2. The van der Waals surface area contributed by atoms with E-state index in [9.17, 15) is 14.9 Å². The van der Waals surface area contributed by atoms with E-state index in [-0.39, 0.29) is 11.6 Å². The molecule has 0 aliphatic rings. The highest BCUT2D eigenvalue weighted by atomic mass is 16.5. The minimum atomic E-state index is -0.849. The molecule has 0 aliphatic carbocycles. The van der Waals surface area contributed by atoms with E-state index < -0.39 is 18.5 Å². The van der Waals surface area contributed by atoms with Crippen LogP contribution in [0.1, 0.15) is 36.6 Å². The van der Waals surface area contributed by atoms with Crippen LogP contribution in [0.15, 0.2) is 54.1 Å². The van der Waals surface area contributed by atoms with E-state index in [0.29, 0.717) is 11.3 Å². The summed E-state index contributed by atoms with van der Waals surface area (Å²) in [5.41, 5.74) is 2.63. The number of nitriles is 1. The van der Waals surface area contributed by atoms with Crippen LogP contribution in [0.4, 0.5) is 0 Å². The van der Waals surface area contributed by atoms with E-state index in [1.165, 1.54) is 11.6 Å². The summed E-state index contributed by atoms with van der Waals surface area (Å²) in [7, 11) is 1.55. The van der Waals surface area contributed by atoms with Gasteiger partial charge in [-0.15, -0.1) is 0 Å². The molecule has 2 aromatic carbocycles. The van der Waals surface area contributed by atoms with Gasteiger partial charge in [-0.05, 0) is 48.2 Å². The van der Waals surface area contributed by atoms with Crippen LogP contribution < -0.4 is 10.1 Å². The van der Waals surface area contributed by atoms with Crippen molar-refractivity contribution >= 4 is 18.0 Å². The Kier molecular flexibility index (Phi) is 7.99. The zero-order chi connectivity index (χ0) is 21.2. The van der Waals surface area contributed by atoms with E-state index in [1.54, 1.807) is 37.4 Å². The van der Waals surface area contributed by atoms with Crippen molar-refractivity contribution in [2.24, 2.45) is 0 Å². The number of hydrogen-bond acceptors (Lipinski definition) is 5. The van der Waals surface area contributed by atoms with Gasteiger partial charge in [0.2, 0.25) is 0 Å². The molecule has 2 aromatic rings. The Bertz CT molecular complexity index is 909. The molecule has 0 bridgehead atoms. The topological polar surface area (TPSA) is 88.4 Å². The highest BCUT2D eigenvalue weighted by Gasteiger charge is 2.15. The average Bonchev–Trinajstić information content (AvgIpc) is 2.76. The lowest BCUT2D eigenvalue weighted by Crippen LogP contribution is -2.31. The molecule has 0 saturated carbocycles. The number of esters is 1. The van der Waals surface area contributed by atoms with Gasteiger partial charge in [0.05, 0.1) is 13.2 Å². The molecule has 1 amide bonds. The van der Waals surface area contributed by atoms with E-state index in [2.05, 4.69) is 12.2 Å². The highest BCUT2D eigenvalue weighted by molar-refractivity contribution is 5.98. The second kappa shape index (κ2) is 10.7. The molecule has 2 rings (SSSR count). The van der Waals surface area contributed by atoms with Gasteiger partial charge >= 0.3 is 5.97 Å². The van der Waals surface area contributed by atoms with Crippen LogP contribution in [0.25, 0.3) is 6.08 Å². The van der Waals surface area contributed by atoms with Gasteiger partial charge in [0.1, 0.15) is 17.4 Å². The summed E-state index contributed by atoms with van der Waals surface area (Å²) in [6.45, 7) is 3.47. The summed E-state index contributed by atoms with van der Waals surface area (Å²) in [5, 5.41) is 12.0. The van der Waals surface area contributed by atoms with E-state index in [1.807, 2.05) is 31.2 Å². The average molecular weight is 392 g/mol. The number of methoxy groups -OCH3 is 1. The molecule has 0 saturated heterocycles. The zero-order valence-electron chi connectivity index (χ0n) is 16.8. The van der Waals surface area contributed by atoms with Crippen molar-refractivity contribution in [2.75, 3.05) is 13.7 Å². The number of hydrogen-bond donors (Lipinski definition) is 1. The molecule has 0 heterocycles. The number of amides is 1. The minimum Gasteiger partial charge on any atom is -0.497 e. The van der Waals surface area contributed by atoms with Crippen LogP contribution in [0.3, 0.4) is 0 Å². The van der Waals surface area contributed by atoms with Gasteiger partial charge in [-0.1, -0.05) is 43.3 Å². The first kappa shape index (κ1) is 21.7. The fourth-order valence-corrected chi connectivity index (χ4v) is 2.62. The van der Waals surface area contributed by atoms with E-state index >= 15 is 0 Å². The van der Waals surface area contributed by atoms with Gasteiger partial charge in [0, 0.05) is 0 Å². The van der Waals surface area contributed by atoms with Crippen LogP contribution in [0.2, 0.25) is 0 Å². The van der Waals surface area contributed by atoms with Crippen molar-refractivity contribution in [1.29, 1.82) is 5.26 Å². The van der Waals surface area contributed by atoms with Gasteiger partial charge in [-0.25, -0.2) is 4.79 Å². The first-order valence-corrected chi connectivity index (χ1v) is 9.28. The second-order valence-corrected chi connectivity index (χ2v) is 6.40. The first-order chi connectivity index (χ1) is 14.0. The summed E-state index contributed by atoms with van der Waals surface area (Å²) in [6, 6.07) is 16.4. The quantitative estimate of drug-likeness (QED) is 0.421. The molecule has 0 radical (unpaired) electrons. The molecule has 1 N–H and O–H groups in total. The zero-order valence-corrected chi connectivity index (χ0v) is 16.8. The van der Waals surface area contributed by atoms with Gasteiger partial charge in [0.25, 0.3) is 5.91 Å². The van der Waals surface area contributed by atoms with Crippen molar-refractivity contribution in [1.82, 2.24) is 5.32 Å². The largest absolute Gasteiger partial charge is 0.497 e. The van der Waals surface area contributed by atoms with E-state index in [4.69, 9.17) is 9.47 Å². The maximum Gasteiger partial charge on any atom is 0.349 e. The Morgan fingerprint density at radius 1 is 1.14 bits per heavy atom. The number of benzene rings is 2. The third-order valence-corrected chi connectivity index (χ3v) is 4.37. The normalized spacial score (nSPS) is 11.9. The van der Waals surface area contributed by atoms with E-state index in [0.717, 1.165) is 12.0 Å². The van der Waals surface area contributed by atoms with Crippen LogP contribution in [-0.4, -0.2) is 25.6 Å². The predicted octanol–water partition coefficient (Wildman–Crippen LogP) is 3.59. The molecule has 0 spiro atoms. The first-order valence-electron chi connectivity index (χ1n) is 9.28. The Morgan fingerprint density at radius 3 is 2.34 bits per heavy atom. The smallest absolute Gasteiger partial charge is 0.349 e. The molecule has 150 valence electrons. The number of nitrogens with zero attached hydrogens (tertiary/aromatic N) is 1. The number of carbonyl (C=O) groups excluding carboxylic acids is 2. The van der Waals surface area contributed by atoms with Crippen LogP contribution >= 0.6 is 0 Å². The summed E-state index contributed by atoms with van der Waals surface area (Å²) in [6.07, 6.45) is 2.35. The van der Waals surface area contributed by atoms with Crippen molar-refractivity contribution in [3.8, 4) is 11.8 Å². The molecule has 1 atom stereocenters. The summed E-state index contributed by atoms with van der Waals surface area (Å²) in [5.74, 6) is -0.621. The maximum absolute atomic E-state index is 12.1. The lowest BCUT2D eigenvalue weighted by Gasteiger charge is -2.14. The molecule has 0 unspecified atom stereocenters. The molecular weight excluding hydrogens is 368 g/mol. The fourth-order valence-electron chi connectivity index (χ4n) is 2.62. The Balaban J connectivity index is 1.90. The van der Waals surface area contributed by atoms with Crippen molar-refractivity contribution in [2.45, 2.75) is 26.3 Å². The fraction of sp³-hybridized carbons (Fsp3) is 0.261. The molecule has 0 aliphatic heterocycles. The predicted molar refractivity (Wildman–Crippen MR) is 110 cm³/mol. The minimum absolute atomic E-state index is 0.189. The number of carbonyl (C=O) groups is 2. The van der Waals surface area contributed by atoms with Crippen molar-refractivity contribution in [3.05, 3.63) is 70.8 Å². The molecular formula is C23H24N2O4. The van der Waals surface area contributed by atoms with Gasteiger partial charge in [-0.3, -0.25) is 4.79 Å². The second-order valence-electron chi connectivity index (χ2n) is 6.40. The third-order valence-electron chi connectivity index (χ3n) is 4.37. The van der Waals surface area contributed by atoms with Crippen LogP contribution in [-0.2, 0) is 20.7 Å². The summed E-state index contributed by atoms with van der Waals surface area (Å²) in [4.78, 5) is 24.2. The van der Waals surface area contributed by atoms with Gasteiger partial charge < -0.3 is 14.8 Å². The monoisotopic (exact) mass is 392 g/mol. The SMILES string of the molecule is CCc1ccc([C@@H](C)NC(=O)COC(=O)/C(C#N)=C/c2ccc(OC)cc2)cc1. The van der Waals surface area contributed by atoms with Crippen molar-refractivity contribution in [3.63, 3.8) is 0 Å². The Labute approximate surface area is 170 Å². The lowest BCUT2D eigenvalue weighted by molar-refractivity contribution is -0.144. The highest BCUT2D eigenvalue weighted by Crippen LogP contribution is 2.15. The molecule has 29 heavy (non-hydrogen) atoms. The molecule has 0 aromatic heterocycles. The number of aryl methyl sites for hydroxylation is 1. The summed E-state index contributed by atoms with van der Waals surface area (Å²) < 4.78 is 10.0. The Morgan fingerprint density at radius 2 is 1.79 bits per heavy atom. The van der Waals surface area contributed by atoms with Gasteiger partial charge in [0.15, 0.2) is 6.61 Å². The molecule has 0 fully saturated rings. The van der Waals surface area contributed by atoms with Crippen molar-refractivity contribution < 1.29 is 19.1 Å². The van der Waals surface area contributed by atoms with Gasteiger partial charge in [-0.2, -0.15) is 5.26 Å². The molecule has 6 heteroatoms. The standard InChI is InChI=1S/C23H24N2O4/c1-4-17-5-9-19(10-6-17)16(2)25-22(26)15-29-23(27)20(14-24)13-18-7-11-21(28-3)12-8-18/h5-13,16H,4,15H2,1-3H3,(H,25,26)/b20-13+/t16-/m1/s1. The third kappa shape index (κ3) is 6.51. The van der Waals surface area contributed by atoms with Crippen LogP contribution in [0.5, 0.6) is 5.75 Å². The number of rotatable bonds is 8. The number of nitrogens with one attached hydrogen (secondary N) is 1. The summed E-state index contributed by atoms with van der Waals surface area (Å²) >= 11 is 0. The van der Waals surface area contributed by atoms with Crippen LogP contribution in [0, 0.1) is 11.3 Å². The maximum atomic E-state index is 12.1.